The molecule has 0 aliphatic carbocycles. The third kappa shape index (κ3) is 4.26. The molecule has 0 atom stereocenters. The third-order valence-electron chi connectivity index (χ3n) is 4.17. The van der Waals surface area contributed by atoms with Gasteiger partial charge in [0.05, 0.1) is 11.0 Å². The Labute approximate surface area is 159 Å². The molecule has 1 amide bonds. The molecule has 11 heteroatoms. The van der Waals surface area contributed by atoms with Crippen LogP contribution < -0.4 is 0 Å². The molecule has 148 valence electrons. The van der Waals surface area contributed by atoms with E-state index in [1.807, 2.05) is 0 Å². The van der Waals surface area contributed by atoms with Crippen LogP contribution in [0.1, 0.15) is 5.76 Å². The third-order valence-corrected chi connectivity index (χ3v) is 6.06. The summed E-state index contributed by atoms with van der Waals surface area (Å²) in [4.78, 5) is 23.4. The molecule has 9 nitrogen and oxygen atoms in total. The highest BCUT2D eigenvalue weighted by molar-refractivity contribution is 7.89. The summed E-state index contributed by atoms with van der Waals surface area (Å²) in [6, 6.07) is 7.31. The van der Waals surface area contributed by atoms with Crippen LogP contribution in [0.15, 0.2) is 51.8 Å². The van der Waals surface area contributed by atoms with Crippen molar-refractivity contribution in [2.45, 2.75) is 4.90 Å². The van der Waals surface area contributed by atoms with Gasteiger partial charge < -0.3 is 9.32 Å². The van der Waals surface area contributed by atoms with Crippen LogP contribution in [0.25, 0.3) is 6.08 Å². The molecule has 0 radical (unpaired) electrons. The number of hydrogen-bond donors (Lipinski definition) is 0. The zero-order chi connectivity index (χ0) is 20.3. The van der Waals surface area contributed by atoms with Crippen molar-refractivity contribution >= 4 is 27.9 Å². The normalized spacial score (nSPS) is 15.8. The molecule has 1 aliphatic rings. The van der Waals surface area contributed by atoms with Crippen molar-refractivity contribution in [1.29, 1.82) is 0 Å². The molecule has 28 heavy (non-hydrogen) atoms. The second-order valence-electron chi connectivity index (χ2n) is 5.95. The minimum atomic E-state index is -3.84. The highest BCUT2D eigenvalue weighted by Crippen LogP contribution is 2.19. The number of halogens is 1. The Kier molecular flexibility index (Phi) is 5.56. The number of carbonyl (C=O) groups excluding carboxylic acids is 1. The first-order valence-electron chi connectivity index (χ1n) is 8.24. The van der Waals surface area contributed by atoms with Gasteiger partial charge in [-0.2, -0.15) is 4.31 Å². The van der Waals surface area contributed by atoms with Crippen molar-refractivity contribution in [2.75, 3.05) is 26.2 Å². The lowest BCUT2D eigenvalue weighted by molar-refractivity contribution is -0.402. The number of benzene rings is 1. The molecule has 0 saturated carbocycles. The molecular formula is C17H16FN3O6S. The van der Waals surface area contributed by atoms with E-state index < -0.39 is 26.6 Å². The summed E-state index contributed by atoms with van der Waals surface area (Å²) in [6.45, 7) is 0.474. The number of furan rings is 1. The van der Waals surface area contributed by atoms with E-state index in [0.717, 1.165) is 12.1 Å². The monoisotopic (exact) mass is 409 g/mol. The molecule has 1 aromatic carbocycles. The molecule has 0 unspecified atom stereocenters. The number of carbonyl (C=O) groups is 1. The second kappa shape index (κ2) is 7.90. The summed E-state index contributed by atoms with van der Waals surface area (Å²) >= 11 is 0. The van der Waals surface area contributed by atoms with Crippen molar-refractivity contribution < 1.29 is 26.9 Å². The van der Waals surface area contributed by atoms with Crippen LogP contribution in [0.4, 0.5) is 10.3 Å². The maximum atomic E-state index is 13.3. The Morgan fingerprint density at radius 3 is 2.50 bits per heavy atom. The SMILES string of the molecule is O=C(/C=C/c1ccc([N+](=O)[O-])o1)N1CCN(S(=O)(=O)c2cccc(F)c2)CC1. The van der Waals surface area contributed by atoms with E-state index in [2.05, 4.69) is 0 Å². The Hall–Kier alpha value is -3.05. The largest absolute Gasteiger partial charge is 0.433 e. The van der Waals surface area contributed by atoms with Crippen LogP contribution in [0.3, 0.4) is 0 Å². The fourth-order valence-electron chi connectivity index (χ4n) is 2.71. The lowest BCUT2D eigenvalue weighted by Gasteiger charge is -2.33. The van der Waals surface area contributed by atoms with Crippen LogP contribution >= 0.6 is 0 Å². The zero-order valence-corrected chi connectivity index (χ0v) is 15.3. The average Bonchev–Trinajstić information content (AvgIpc) is 3.15. The van der Waals surface area contributed by atoms with Gasteiger partial charge in [-0.1, -0.05) is 6.07 Å². The van der Waals surface area contributed by atoms with E-state index in [1.54, 1.807) is 0 Å². The minimum Gasteiger partial charge on any atom is -0.401 e. The number of amides is 1. The fourth-order valence-corrected chi connectivity index (χ4v) is 4.17. The number of piperazine rings is 1. The van der Waals surface area contributed by atoms with E-state index in [9.17, 15) is 27.7 Å². The molecule has 1 saturated heterocycles. The van der Waals surface area contributed by atoms with Crippen molar-refractivity contribution in [3.63, 3.8) is 0 Å². The van der Waals surface area contributed by atoms with Gasteiger partial charge in [0.25, 0.3) is 0 Å². The van der Waals surface area contributed by atoms with Crippen molar-refractivity contribution in [3.05, 3.63) is 64.2 Å². The lowest BCUT2D eigenvalue weighted by atomic mass is 10.3. The smallest absolute Gasteiger partial charge is 0.401 e. The summed E-state index contributed by atoms with van der Waals surface area (Å²) in [7, 11) is -3.84. The predicted molar refractivity (Wildman–Crippen MR) is 96.1 cm³/mol. The van der Waals surface area contributed by atoms with Crippen LogP contribution in [0.5, 0.6) is 0 Å². The number of nitrogens with zero attached hydrogens (tertiary/aromatic N) is 3. The standard InChI is InChI=1S/C17H16FN3O6S/c18-13-2-1-3-15(12-13)28(25,26)20-10-8-19(9-11-20)16(22)6-4-14-5-7-17(27-14)21(23)24/h1-7,12H,8-11H2/b6-4+. The van der Waals surface area contributed by atoms with Crippen molar-refractivity contribution in [3.8, 4) is 0 Å². The maximum Gasteiger partial charge on any atom is 0.433 e. The van der Waals surface area contributed by atoms with Gasteiger partial charge in [-0.05, 0) is 30.3 Å². The molecule has 0 bridgehead atoms. The predicted octanol–water partition coefficient (Wildman–Crippen LogP) is 1.87. The Morgan fingerprint density at radius 2 is 1.89 bits per heavy atom. The lowest BCUT2D eigenvalue weighted by Crippen LogP contribution is -2.50. The van der Waals surface area contributed by atoms with E-state index in [4.69, 9.17) is 4.42 Å². The van der Waals surface area contributed by atoms with Gasteiger partial charge in [-0.3, -0.25) is 14.9 Å². The fraction of sp³-hybridized carbons (Fsp3) is 0.235. The van der Waals surface area contributed by atoms with Gasteiger partial charge in [0.1, 0.15) is 16.5 Å². The van der Waals surface area contributed by atoms with Gasteiger partial charge in [0.15, 0.2) is 0 Å². The number of rotatable bonds is 5. The summed E-state index contributed by atoms with van der Waals surface area (Å²) in [6.07, 6.45) is 2.52. The number of nitro groups is 1. The zero-order valence-electron chi connectivity index (χ0n) is 14.5. The first-order valence-corrected chi connectivity index (χ1v) is 9.68. The average molecular weight is 409 g/mol. The molecular weight excluding hydrogens is 393 g/mol. The topological polar surface area (TPSA) is 114 Å². The minimum absolute atomic E-state index is 0.0741. The van der Waals surface area contributed by atoms with Gasteiger partial charge in [0.2, 0.25) is 15.9 Å². The van der Waals surface area contributed by atoms with Crippen molar-refractivity contribution in [1.82, 2.24) is 9.21 Å². The molecule has 1 aliphatic heterocycles. The number of sulfonamides is 1. The van der Waals surface area contributed by atoms with Crippen LogP contribution in [0.2, 0.25) is 0 Å². The molecule has 0 spiro atoms. The quantitative estimate of drug-likeness (QED) is 0.423. The van der Waals surface area contributed by atoms with Gasteiger partial charge in [0, 0.05) is 32.3 Å². The maximum absolute atomic E-state index is 13.3. The highest BCUT2D eigenvalue weighted by Gasteiger charge is 2.29. The Bertz CT molecular complexity index is 1030. The summed E-state index contributed by atoms with van der Waals surface area (Å²) in [5, 5.41) is 10.6. The van der Waals surface area contributed by atoms with Gasteiger partial charge in [-0.25, -0.2) is 12.8 Å². The molecule has 1 fully saturated rings. The molecule has 2 aromatic rings. The van der Waals surface area contributed by atoms with Crippen LogP contribution in [-0.2, 0) is 14.8 Å². The molecule has 3 rings (SSSR count). The van der Waals surface area contributed by atoms with E-state index in [1.165, 1.54) is 45.6 Å². The Morgan fingerprint density at radius 1 is 1.18 bits per heavy atom. The first kappa shape index (κ1) is 19.7. The molecule has 2 heterocycles. The summed E-state index contributed by atoms with van der Waals surface area (Å²) in [5.41, 5.74) is 0. The van der Waals surface area contributed by atoms with E-state index in [0.29, 0.717) is 0 Å². The number of hydrogen-bond acceptors (Lipinski definition) is 6. The van der Waals surface area contributed by atoms with E-state index >= 15 is 0 Å². The van der Waals surface area contributed by atoms with Crippen LogP contribution in [0, 0.1) is 15.9 Å². The second-order valence-corrected chi connectivity index (χ2v) is 7.89. The highest BCUT2D eigenvalue weighted by atomic mass is 32.2. The summed E-state index contributed by atoms with van der Waals surface area (Å²) in [5.74, 6) is -1.28. The van der Waals surface area contributed by atoms with Crippen molar-refractivity contribution in [2.24, 2.45) is 0 Å². The van der Waals surface area contributed by atoms with E-state index in [-0.39, 0.29) is 42.7 Å². The van der Waals surface area contributed by atoms with Crippen LogP contribution in [-0.4, -0.2) is 54.6 Å². The van der Waals surface area contributed by atoms with Gasteiger partial charge in [-0.15, -0.1) is 0 Å². The molecule has 0 N–H and O–H groups in total. The first-order chi connectivity index (χ1) is 13.3. The van der Waals surface area contributed by atoms with Gasteiger partial charge >= 0.3 is 5.88 Å². The Balaban J connectivity index is 1.60. The summed E-state index contributed by atoms with van der Waals surface area (Å²) < 4.78 is 44.6. The molecule has 1 aromatic heterocycles.